The topological polar surface area (TPSA) is 238 Å². The van der Waals surface area contributed by atoms with Gasteiger partial charge in [-0.15, -0.1) is 11.3 Å². The number of primary sulfonamides is 1. The number of pyridine rings is 2. The fraction of sp³-hybridized carbons (Fsp3) is 0.368. The van der Waals surface area contributed by atoms with Crippen LogP contribution in [0.5, 0.6) is 0 Å². The van der Waals surface area contributed by atoms with Crippen LogP contribution in [0, 0.1) is 0 Å². The fourth-order valence-electron chi connectivity index (χ4n) is 6.05. The van der Waals surface area contributed by atoms with Crippen molar-refractivity contribution in [3.63, 3.8) is 0 Å². The largest absolute Gasteiger partial charge is 0.462 e. The average molecular weight is 904 g/mol. The average Bonchev–Trinajstić information content (AvgIpc) is 3.93. The number of nitrogens with two attached hydrogens (primary N) is 1. The molecule has 1 aromatic carbocycles. The van der Waals surface area contributed by atoms with Crippen LogP contribution in [-0.2, 0) is 57.4 Å². The number of aromatic nitrogens is 4. The molecule has 1 aliphatic rings. The Bertz CT molecular complexity index is 2500. The van der Waals surface area contributed by atoms with Gasteiger partial charge in [-0.1, -0.05) is 25.1 Å². The van der Waals surface area contributed by atoms with Crippen molar-refractivity contribution in [2.75, 3.05) is 45.2 Å². The Hall–Kier alpha value is -4.65. The van der Waals surface area contributed by atoms with Gasteiger partial charge in [-0.05, 0) is 80.9 Å². The fourth-order valence-corrected chi connectivity index (χ4v) is 11.7. The number of carbonyl (C=O) groups is 1. The van der Waals surface area contributed by atoms with E-state index in [1.54, 1.807) is 56.1 Å². The second-order valence-electron chi connectivity index (χ2n) is 13.7. The Morgan fingerprint density at radius 2 is 1.82 bits per heavy atom. The maximum atomic E-state index is 13.6. The number of carbonyl (C=O) groups excluding carboxylic acids is 1. The van der Waals surface area contributed by atoms with Gasteiger partial charge >= 0.3 is 5.97 Å². The van der Waals surface area contributed by atoms with Gasteiger partial charge in [0.1, 0.15) is 25.7 Å². The Labute approximate surface area is 354 Å². The summed E-state index contributed by atoms with van der Waals surface area (Å²) < 4.78 is 90.2. The van der Waals surface area contributed by atoms with Crippen molar-refractivity contribution in [2.45, 2.75) is 65.7 Å². The number of fused-ring (bicyclic) bond motifs is 1. The zero-order valence-corrected chi connectivity index (χ0v) is 36.8. The molecule has 22 heteroatoms. The van der Waals surface area contributed by atoms with Crippen LogP contribution >= 0.6 is 11.3 Å². The molecule has 5 aromatic rings. The van der Waals surface area contributed by atoms with Crippen LogP contribution in [0.2, 0.25) is 0 Å². The molecular weight excluding hydrogens is 855 g/mol. The van der Waals surface area contributed by atoms with E-state index in [0.717, 1.165) is 11.3 Å². The van der Waals surface area contributed by atoms with Crippen molar-refractivity contribution in [1.82, 2.24) is 33.7 Å². The van der Waals surface area contributed by atoms with Gasteiger partial charge in [0.2, 0.25) is 20.0 Å². The third-order valence-electron chi connectivity index (χ3n) is 8.79. The van der Waals surface area contributed by atoms with Gasteiger partial charge in [-0.3, -0.25) is 9.78 Å². The molecule has 60 heavy (non-hydrogen) atoms. The number of sulfonamides is 3. The van der Waals surface area contributed by atoms with Crippen LogP contribution in [-0.4, -0.2) is 106 Å². The minimum atomic E-state index is -3.94. The van der Waals surface area contributed by atoms with E-state index in [0.29, 0.717) is 54.5 Å². The molecule has 0 bridgehead atoms. The summed E-state index contributed by atoms with van der Waals surface area (Å²) in [5.41, 5.74) is 2.66. The number of methoxy groups -OCH3 is 1. The highest BCUT2D eigenvalue weighted by Gasteiger charge is 2.39. The SMILES string of the molecule is CC(C)OC(=O)CNc1cccc(CN(Cc2ccc(-n3cccn3)cc2)S(=O)(=O)c2cccnc2)n1.CCN[C@H]1CN(CCCOC)S(=O)(=O)c2sc(S(N)(=O)=O)cc21. The van der Waals surface area contributed by atoms with Crippen LogP contribution in [0.15, 0.2) is 105 Å². The van der Waals surface area contributed by atoms with Crippen LogP contribution in [0.1, 0.15) is 50.1 Å². The van der Waals surface area contributed by atoms with E-state index in [1.807, 2.05) is 43.5 Å². The quantitative estimate of drug-likeness (QED) is 0.0843. The predicted octanol–water partition coefficient (Wildman–Crippen LogP) is 3.50. The molecule has 0 saturated heterocycles. The zero-order valence-electron chi connectivity index (χ0n) is 33.5. The van der Waals surface area contributed by atoms with Crippen molar-refractivity contribution >= 4 is 53.2 Å². The van der Waals surface area contributed by atoms with Gasteiger partial charge in [0.25, 0.3) is 10.0 Å². The van der Waals surface area contributed by atoms with Gasteiger partial charge in [0.05, 0.1) is 24.0 Å². The maximum Gasteiger partial charge on any atom is 0.325 e. The number of hydrogen-bond donors (Lipinski definition) is 3. The Balaban J connectivity index is 0.000000255. The first-order chi connectivity index (χ1) is 28.5. The first kappa shape index (κ1) is 46.4. The number of likely N-dealkylation sites (N-methyl/N-ethyl adjacent to an activating group) is 1. The smallest absolute Gasteiger partial charge is 0.325 e. The number of nitrogens with one attached hydrogen (secondary N) is 2. The molecule has 5 heterocycles. The third-order valence-corrected chi connectivity index (χ3v) is 15.5. The van der Waals surface area contributed by atoms with E-state index in [4.69, 9.17) is 14.6 Å². The van der Waals surface area contributed by atoms with E-state index in [9.17, 15) is 30.0 Å². The molecule has 0 unspecified atom stereocenters. The third kappa shape index (κ3) is 12.2. The molecule has 6 rings (SSSR count). The Morgan fingerprint density at radius 3 is 2.45 bits per heavy atom. The number of rotatable bonds is 18. The summed E-state index contributed by atoms with van der Waals surface area (Å²) in [7, 11) is -9.98. The maximum absolute atomic E-state index is 13.6. The zero-order chi connectivity index (χ0) is 43.5. The molecule has 1 atom stereocenters. The van der Waals surface area contributed by atoms with Crippen LogP contribution in [0.25, 0.3) is 5.69 Å². The Kier molecular flexibility index (Phi) is 16.0. The lowest BCUT2D eigenvalue weighted by Gasteiger charge is -2.32. The van der Waals surface area contributed by atoms with Crippen LogP contribution in [0.3, 0.4) is 0 Å². The standard InChI is InChI=1S/C26H28N6O4S.C12H21N3O5S3/c1-20(2)36-26(33)17-28-25-8-3-6-22(30-25)19-31(37(34,35)24-7-4-13-27-16-24)18-21-9-11-23(12-10-21)32-15-5-14-29-32;1-3-14-10-8-15(5-4-6-20-2)23(18,19)12-9(10)7-11(21-12)22(13,16)17/h3-16,20H,17-19H2,1-2H3,(H,28,30);7,10,14H,3-6,8H2,1-2H3,(H2,13,16,17)/t;10-/m.0/s1. The number of nitrogens with zero attached hydrogens (tertiary/aromatic N) is 6. The molecule has 18 nitrogen and oxygen atoms in total. The van der Waals surface area contributed by atoms with Gasteiger partial charge in [-0.2, -0.15) is 13.7 Å². The molecular formula is C38H49N9O9S4. The number of ether oxygens (including phenoxy) is 2. The van der Waals surface area contributed by atoms with Crippen molar-refractivity contribution in [2.24, 2.45) is 5.14 Å². The minimum Gasteiger partial charge on any atom is -0.462 e. The van der Waals surface area contributed by atoms with Gasteiger partial charge in [0.15, 0.2) is 0 Å². The summed E-state index contributed by atoms with van der Waals surface area (Å²) in [6.45, 7) is 7.22. The van der Waals surface area contributed by atoms with E-state index in [2.05, 4.69) is 25.7 Å². The number of benzene rings is 1. The number of anilines is 1. The summed E-state index contributed by atoms with van der Waals surface area (Å²) in [5, 5.41) is 15.5. The number of thiophene rings is 1. The molecule has 0 radical (unpaired) electrons. The highest BCUT2D eigenvalue weighted by molar-refractivity contribution is 7.94. The second-order valence-corrected chi connectivity index (χ2v) is 20.6. The van der Waals surface area contributed by atoms with Gasteiger partial charge in [-0.25, -0.2) is 40.1 Å². The highest BCUT2D eigenvalue weighted by atomic mass is 32.3. The predicted molar refractivity (Wildman–Crippen MR) is 226 cm³/mol. The molecule has 0 fully saturated rings. The molecule has 0 aliphatic carbocycles. The summed E-state index contributed by atoms with van der Waals surface area (Å²) in [6.07, 6.45) is 6.74. The minimum absolute atomic E-state index is 0.0180. The summed E-state index contributed by atoms with van der Waals surface area (Å²) >= 11 is 0.708. The van der Waals surface area contributed by atoms with E-state index < -0.39 is 36.0 Å². The second kappa shape index (κ2) is 20.7. The van der Waals surface area contributed by atoms with Crippen molar-refractivity contribution in [1.29, 1.82) is 0 Å². The highest BCUT2D eigenvalue weighted by Crippen LogP contribution is 2.40. The molecule has 4 aromatic heterocycles. The van der Waals surface area contributed by atoms with Crippen LogP contribution < -0.4 is 15.8 Å². The lowest BCUT2D eigenvalue weighted by Crippen LogP contribution is -2.43. The molecule has 0 saturated carbocycles. The summed E-state index contributed by atoms with van der Waals surface area (Å²) in [6, 6.07) is 18.8. The van der Waals surface area contributed by atoms with Gasteiger partial charge < -0.3 is 20.1 Å². The van der Waals surface area contributed by atoms with Crippen molar-refractivity contribution in [3.05, 3.63) is 108 Å². The molecule has 0 spiro atoms. The monoisotopic (exact) mass is 903 g/mol. The lowest BCUT2D eigenvalue weighted by molar-refractivity contribution is -0.145. The molecule has 1 aliphatic heterocycles. The molecule has 0 amide bonds. The normalized spacial score (nSPS) is 15.3. The number of hydrogen-bond acceptors (Lipinski definition) is 15. The van der Waals surface area contributed by atoms with Gasteiger partial charge in [0, 0.05) is 69.7 Å². The lowest BCUT2D eigenvalue weighted by atomic mass is 10.1. The molecule has 4 N–H and O–H groups in total. The molecule has 324 valence electrons. The van der Waals surface area contributed by atoms with Crippen molar-refractivity contribution in [3.8, 4) is 5.69 Å². The Morgan fingerprint density at radius 1 is 1.05 bits per heavy atom. The number of esters is 1. The summed E-state index contributed by atoms with van der Waals surface area (Å²) in [5.74, 6) is 0.0436. The first-order valence-corrected chi connectivity index (χ1v) is 24.0. The van der Waals surface area contributed by atoms with E-state index >= 15 is 0 Å². The van der Waals surface area contributed by atoms with Crippen molar-refractivity contribution < 1.29 is 39.5 Å². The summed E-state index contributed by atoms with van der Waals surface area (Å²) in [4.78, 5) is 20.4. The van der Waals surface area contributed by atoms with E-state index in [-0.39, 0.29) is 51.6 Å². The van der Waals surface area contributed by atoms with Crippen LogP contribution in [0.4, 0.5) is 5.82 Å². The van der Waals surface area contributed by atoms with E-state index in [1.165, 1.54) is 33.1 Å². The first-order valence-electron chi connectivity index (χ1n) is 18.8.